The van der Waals surface area contributed by atoms with Crippen LogP contribution < -0.4 is 23.7 Å². The number of benzene rings is 2. The standard InChI is InChI=1S/C23H18N2O6S/c1-13(26)31-22-20(27-2)7-14(8-21(22)28-3)6-16(10-24)23-25-17(11-32-23)15-4-5-18-19(9-15)30-12-29-18/h4-9,11H,12H2,1-3H3/b16-6+. The molecule has 0 N–H and O–H groups in total. The summed E-state index contributed by atoms with van der Waals surface area (Å²) in [7, 11) is 2.91. The smallest absolute Gasteiger partial charge is 0.308 e. The van der Waals surface area contributed by atoms with Crippen molar-refractivity contribution < 1.29 is 28.5 Å². The first-order chi connectivity index (χ1) is 15.5. The van der Waals surface area contributed by atoms with Crippen molar-refractivity contribution in [1.82, 2.24) is 4.98 Å². The van der Waals surface area contributed by atoms with Crippen molar-refractivity contribution in [1.29, 1.82) is 5.26 Å². The molecule has 162 valence electrons. The van der Waals surface area contributed by atoms with Gasteiger partial charge in [0.15, 0.2) is 23.0 Å². The molecule has 3 aromatic rings. The van der Waals surface area contributed by atoms with Gasteiger partial charge in [-0.05, 0) is 42.0 Å². The maximum atomic E-state index is 11.4. The number of esters is 1. The van der Waals surface area contributed by atoms with Crippen molar-refractivity contribution in [3.05, 3.63) is 46.3 Å². The zero-order valence-electron chi connectivity index (χ0n) is 17.5. The predicted octanol–water partition coefficient (Wildman–Crippen LogP) is 4.55. The SMILES string of the molecule is COc1cc(/C=C(\C#N)c2nc(-c3ccc4c(c3)OCO4)cs2)cc(OC)c1OC(C)=O. The van der Waals surface area contributed by atoms with Crippen LogP contribution in [-0.4, -0.2) is 32.0 Å². The number of ether oxygens (including phenoxy) is 5. The molecule has 1 aromatic heterocycles. The molecule has 0 aliphatic carbocycles. The third-order valence-electron chi connectivity index (χ3n) is 4.56. The number of rotatable bonds is 6. The lowest BCUT2D eigenvalue weighted by Crippen LogP contribution is -2.05. The van der Waals surface area contributed by atoms with Crippen molar-refractivity contribution in [2.45, 2.75) is 6.92 Å². The molecular weight excluding hydrogens is 432 g/mol. The maximum absolute atomic E-state index is 11.4. The maximum Gasteiger partial charge on any atom is 0.308 e. The van der Waals surface area contributed by atoms with Gasteiger partial charge >= 0.3 is 5.97 Å². The van der Waals surface area contributed by atoms with E-state index in [0.29, 0.717) is 39.1 Å². The summed E-state index contributed by atoms with van der Waals surface area (Å²) in [5.41, 5.74) is 2.59. The van der Waals surface area contributed by atoms with E-state index in [-0.39, 0.29) is 12.5 Å². The lowest BCUT2D eigenvalue weighted by Gasteiger charge is -2.13. The molecular formula is C23H18N2O6S. The number of fused-ring (bicyclic) bond motifs is 1. The number of carbonyl (C=O) groups excluding carboxylic acids is 1. The molecule has 9 heteroatoms. The summed E-state index contributed by atoms with van der Waals surface area (Å²) >= 11 is 1.36. The fourth-order valence-electron chi connectivity index (χ4n) is 3.12. The van der Waals surface area contributed by atoms with Crippen LogP contribution in [0.2, 0.25) is 0 Å². The van der Waals surface area contributed by atoms with Crippen molar-refractivity contribution in [3.8, 4) is 46.1 Å². The van der Waals surface area contributed by atoms with Crippen LogP contribution in [0.4, 0.5) is 0 Å². The second-order valence-corrected chi connectivity index (χ2v) is 7.48. The first-order valence-electron chi connectivity index (χ1n) is 9.44. The summed E-state index contributed by atoms with van der Waals surface area (Å²) in [4.78, 5) is 16.0. The Morgan fingerprint density at radius 1 is 1.16 bits per heavy atom. The van der Waals surface area contributed by atoms with Gasteiger partial charge in [-0.2, -0.15) is 5.26 Å². The van der Waals surface area contributed by atoms with Crippen LogP contribution in [0.25, 0.3) is 22.9 Å². The summed E-state index contributed by atoms with van der Waals surface area (Å²) in [6.07, 6.45) is 1.67. The number of nitriles is 1. The number of nitrogens with zero attached hydrogens (tertiary/aromatic N) is 2. The summed E-state index contributed by atoms with van der Waals surface area (Å²) in [5, 5.41) is 12.2. The quantitative estimate of drug-likeness (QED) is 0.306. The minimum absolute atomic E-state index is 0.178. The van der Waals surface area contributed by atoms with E-state index in [4.69, 9.17) is 23.7 Å². The van der Waals surface area contributed by atoms with Gasteiger partial charge in [0, 0.05) is 17.9 Å². The second kappa shape index (κ2) is 8.99. The minimum Gasteiger partial charge on any atom is -0.493 e. The molecule has 32 heavy (non-hydrogen) atoms. The molecule has 4 rings (SSSR count). The lowest BCUT2D eigenvalue weighted by atomic mass is 10.1. The Bertz CT molecular complexity index is 1230. The van der Waals surface area contributed by atoms with Gasteiger partial charge in [-0.3, -0.25) is 4.79 Å². The number of methoxy groups -OCH3 is 2. The summed E-state index contributed by atoms with van der Waals surface area (Å²) < 4.78 is 26.7. The Morgan fingerprint density at radius 2 is 1.88 bits per heavy atom. The normalized spacial score (nSPS) is 12.2. The van der Waals surface area contributed by atoms with Crippen LogP contribution in [0.5, 0.6) is 28.7 Å². The highest BCUT2D eigenvalue weighted by atomic mass is 32.1. The highest BCUT2D eigenvalue weighted by Gasteiger charge is 2.18. The van der Waals surface area contributed by atoms with Gasteiger partial charge in [-0.15, -0.1) is 11.3 Å². The van der Waals surface area contributed by atoms with Gasteiger partial charge < -0.3 is 23.7 Å². The minimum atomic E-state index is -0.499. The van der Waals surface area contributed by atoms with Crippen LogP contribution in [0, 0.1) is 11.3 Å². The third kappa shape index (κ3) is 4.22. The van der Waals surface area contributed by atoms with Gasteiger partial charge in [0.25, 0.3) is 0 Å². The van der Waals surface area contributed by atoms with E-state index >= 15 is 0 Å². The zero-order chi connectivity index (χ0) is 22.7. The number of carbonyl (C=O) groups is 1. The van der Waals surface area contributed by atoms with Gasteiger partial charge in [0.2, 0.25) is 12.5 Å². The van der Waals surface area contributed by atoms with E-state index in [1.807, 2.05) is 23.6 Å². The van der Waals surface area contributed by atoms with Gasteiger partial charge in [-0.1, -0.05) is 0 Å². The fourth-order valence-corrected chi connectivity index (χ4v) is 3.92. The number of allylic oxidation sites excluding steroid dienone is 1. The summed E-state index contributed by atoms with van der Waals surface area (Å²) in [6, 6.07) is 11.1. The van der Waals surface area contributed by atoms with Crippen LogP contribution >= 0.6 is 11.3 Å². The van der Waals surface area contributed by atoms with Gasteiger partial charge in [-0.25, -0.2) is 4.98 Å². The molecule has 0 radical (unpaired) electrons. The summed E-state index contributed by atoms with van der Waals surface area (Å²) in [6.45, 7) is 1.49. The topological polar surface area (TPSA) is 99.9 Å². The highest BCUT2D eigenvalue weighted by Crippen LogP contribution is 2.40. The Kier molecular flexibility index (Phi) is 5.96. The zero-order valence-corrected chi connectivity index (χ0v) is 18.3. The van der Waals surface area contributed by atoms with Crippen LogP contribution in [0.3, 0.4) is 0 Å². The van der Waals surface area contributed by atoms with E-state index in [1.54, 1.807) is 18.2 Å². The van der Waals surface area contributed by atoms with E-state index in [0.717, 1.165) is 11.3 Å². The monoisotopic (exact) mass is 450 g/mol. The summed E-state index contributed by atoms with van der Waals surface area (Å²) in [5.74, 6) is 1.66. The predicted molar refractivity (Wildman–Crippen MR) is 118 cm³/mol. The molecule has 0 saturated carbocycles. The first-order valence-corrected chi connectivity index (χ1v) is 10.3. The Morgan fingerprint density at radius 3 is 2.53 bits per heavy atom. The van der Waals surface area contributed by atoms with E-state index < -0.39 is 5.97 Å². The molecule has 0 fully saturated rings. The molecule has 1 aliphatic rings. The molecule has 0 atom stereocenters. The number of aromatic nitrogens is 1. The van der Waals surface area contributed by atoms with Crippen molar-refractivity contribution >= 4 is 29.0 Å². The lowest BCUT2D eigenvalue weighted by molar-refractivity contribution is -0.132. The molecule has 8 nitrogen and oxygen atoms in total. The Hall–Kier alpha value is -4.03. The Labute approximate surface area is 188 Å². The van der Waals surface area contributed by atoms with Gasteiger partial charge in [0.1, 0.15) is 11.1 Å². The van der Waals surface area contributed by atoms with Gasteiger partial charge in [0.05, 0.1) is 25.5 Å². The molecule has 0 saturated heterocycles. The number of hydrogen-bond acceptors (Lipinski definition) is 9. The fraction of sp³-hybridized carbons (Fsp3) is 0.174. The van der Waals surface area contributed by atoms with Crippen LogP contribution in [0.15, 0.2) is 35.7 Å². The van der Waals surface area contributed by atoms with E-state index in [9.17, 15) is 10.1 Å². The molecule has 0 bridgehead atoms. The molecule has 0 unspecified atom stereocenters. The van der Waals surface area contributed by atoms with Crippen molar-refractivity contribution in [2.75, 3.05) is 21.0 Å². The van der Waals surface area contributed by atoms with E-state index in [2.05, 4.69) is 11.1 Å². The second-order valence-electron chi connectivity index (χ2n) is 6.62. The Balaban J connectivity index is 1.68. The average molecular weight is 450 g/mol. The van der Waals surface area contributed by atoms with E-state index in [1.165, 1.54) is 32.5 Å². The third-order valence-corrected chi connectivity index (χ3v) is 5.44. The van der Waals surface area contributed by atoms with Crippen molar-refractivity contribution in [2.24, 2.45) is 0 Å². The number of hydrogen-bond donors (Lipinski definition) is 0. The highest BCUT2D eigenvalue weighted by molar-refractivity contribution is 7.11. The first kappa shape index (κ1) is 21.2. The largest absolute Gasteiger partial charge is 0.493 e. The number of thiazole rings is 1. The molecule has 0 spiro atoms. The molecule has 1 aliphatic heterocycles. The molecule has 0 amide bonds. The van der Waals surface area contributed by atoms with Crippen LogP contribution in [0.1, 0.15) is 17.5 Å². The molecule has 2 heterocycles. The van der Waals surface area contributed by atoms with Crippen molar-refractivity contribution in [3.63, 3.8) is 0 Å². The average Bonchev–Trinajstić information content (AvgIpc) is 3.46. The van der Waals surface area contributed by atoms with Crippen LogP contribution in [-0.2, 0) is 4.79 Å². The molecule has 2 aromatic carbocycles.